The van der Waals surface area contributed by atoms with Crippen LogP contribution in [0.25, 0.3) is 0 Å². The third-order valence-corrected chi connectivity index (χ3v) is 5.54. The van der Waals surface area contributed by atoms with Gasteiger partial charge in [0.25, 0.3) is 0 Å². The Bertz CT molecular complexity index is 542. The zero-order chi connectivity index (χ0) is 15.0. The molecule has 0 bridgehead atoms. The normalized spacial score (nSPS) is 32.7. The Kier molecular flexibility index (Phi) is 3.68. The average Bonchev–Trinajstić information content (AvgIpc) is 2.51. The molecule has 1 saturated carbocycles. The second kappa shape index (κ2) is 5.36. The first kappa shape index (κ1) is 14.4. The van der Waals surface area contributed by atoms with Crippen LogP contribution in [0.4, 0.5) is 0 Å². The van der Waals surface area contributed by atoms with Crippen LogP contribution in [-0.4, -0.2) is 31.5 Å². The number of hydrogen-bond donors (Lipinski definition) is 0. The fourth-order valence-electron chi connectivity index (χ4n) is 4.37. The van der Waals surface area contributed by atoms with Gasteiger partial charge in [0.1, 0.15) is 5.75 Å². The second-order valence-electron chi connectivity index (χ2n) is 6.84. The van der Waals surface area contributed by atoms with Gasteiger partial charge in [-0.2, -0.15) is 0 Å². The number of carbonyl (C=O) groups excluding carboxylic acids is 1. The lowest BCUT2D eigenvalue weighted by atomic mass is 9.56. The van der Waals surface area contributed by atoms with Gasteiger partial charge in [-0.15, -0.1) is 0 Å². The molecule has 2 aliphatic rings. The van der Waals surface area contributed by atoms with Crippen molar-refractivity contribution >= 4 is 5.91 Å². The zero-order valence-electron chi connectivity index (χ0n) is 13.3. The maximum atomic E-state index is 12.7. The minimum atomic E-state index is 0.00972. The van der Waals surface area contributed by atoms with Crippen molar-refractivity contribution in [1.82, 2.24) is 4.90 Å². The number of likely N-dealkylation sites (tertiary alicyclic amines) is 1. The summed E-state index contributed by atoms with van der Waals surface area (Å²) in [6.07, 6.45) is 4.36. The molecule has 0 N–H and O–H groups in total. The van der Waals surface area contributed by atoms with Gasteiger partial charge in [0.05, 0.1) is 7.11 Å². The number of piperidine rings is 1. The van der Waals surface area contributed by atoms with E-state index in [4.69, 9.17) is 4.74 Å². The van der Waals surface area contributed by atoms with E-state index >= 15 is 0 Å². The van der Waals surface area contributed by atoms with Gasteiger partial charge in [0.15, 0.2) is 0 Å². The molecule has 1 saturated heterocycles. The molecule has 1 aromatic rings. The molecule has 0 unspecified atom stereocenters. The van der Waals surface area contributed by atoms with E-state index in [2.05, 4.69) is 25.1 Å². The van der Waals surface area contributed by atoms with Crippen LogP contribution in [0, 0.1) is 11.8 Å². The first-order chi connectivity index (χ1) is 10.1. The molecular formula is C18H25NO2. The Hall–Kier alpha value is -1.51. The van der Waals surface area contributed by atoms with Gasteiger partial charge in [-0.05, 0) is 49.3 Å². The molecule has 1 amide bonds. The minimum Gasteiger partial charge on any atom is -0.497 e. The summed E-state index contributed by atoms with van der Waals surface area (Å²) in [4.78, 5) is 14.6. The molecule has 21 heavy (non-hydrogen) atoms. The van der Waals surface area contributed by atoms with Crippen molar-refractivity contribution in [1.29, 1.82) is 0 Å². The minimum absolute atomic E-state index is 0.00972. The number of hydrogen-bond acceptors (Lipinski definition) is 2. The first-order valence-electron chi connectivity index (χ1n) is 7.96. The predicted octanol–water partition coefficient (Wildman–Crippen LogP) is 3.23. The molecule has 3 nitrogen and oxygen atoms in total. The molecule has 1 heterocycles. The molecule has 2 fully saturated rings. The van der Waals surface area contributed by atoms with Gasteiger partial charge in [0, 0.05) is 24.9 Å². The summed E-state index contributed by atoms with van der Waals surface area (Å²) in [6, 6.07) is 8.37. The summed E-state index contributed by atoms with van der Waals surface area (Å²) < 4.78 is 5.40. The maximum Gasteiger partial charge on any atom is 0.226 e. The summed E-state index contributed by atoms with van der Waals surface area (Å²) in [7, 11) is 3.65. The van der Waals surface area contributed by atoms with Gasteiger partial charge < -0.3 is 9.64 Å². The van der Waals surface area contributed by atoms with Crippen LogP contribution in [-0.2, 0) is 10.2 Å². The quantitative estimate of drug-likeness (QED) is 0.836. The molecule has 1 aliphatic carbocycles. The van der Waals surface area contributed by atoms with E-state index < -0.39 is 0 Å². The van der Waals surface area contributed by atoms with Gasteiger partial charge in [-0.25, -0.2) is 0 Å². The van der Waals surface area contributed by atoms with Crippen LogP contribution in [0.2, 0.25) is 0 Å². The van der Waals surface area contributed by atoms with Crippen LogP contribution in [0.3, 0.4) is 0 Å². The van der Waals surface area contributed by atoms with Crippen LogP contribution in [0.5, 0.6) is 5.75 Å². The summed E-state index contributed by atoms with van der Waals surface area (Å²) in [5, 5.41) is 0. The van der Waals surface area contributed by atoms with Crippen molar-refractivity contribution in [3.05, 3.63) is 29.8 Å². The van der Waals surface area contributed by atoms with Gasteiger partial charge >= 0.3 is 0 Å². The van der Waals surface area contributed by atoms with Crippen LogP contribution < -0.4 is 4.74 Å². The smallest absolute Gasteiger partial charge is 0.226 e. The topological polar surface area (TPSA) is 29.5 Å². The van der Waals surface area contributed by atoms with Crippen LogP contribution >= 0.6 is 0 Å². The lowest BCUT2D eigenvalue weighted by Crippen LogP contribution is -2.54. The largest absolute Gasteiger partial charge is 0.497 e. The highest BCUT2D eigenvalue weighted by Crippen LogP contribution is 2.51. The molecule has 1 aromatic carbocycles. The number of nitrogens with zero attached hydrogens (tertiary/aromatic N) is 1. The van der Waals surface area contributed by atoms with E-state index in [-0.39, 0.29) is 11.3 Å². The standard InChI is InChI=1S/C18H25NO2/c1-13-7-8-16-17(20)19(2)10-9-18(16,12-13)14-5-4-6-15(11-14)21-3/h4-6,11,13,16H,7-10,12H2,1-3H3/t13-,16+,18+/m0/s1. The number of ether oxygens (including phenoxy) is 1. The fourth-order valence-corrected chi connectivity index (χ4v) is 4.37. The van der Waals surface area contributed by atoms with Crippen molar-refractivity contribution in [2.24, 2.45) is 11.8 Å². The summed E-state index contributed by atoms with van der Waals surface area (Å²) in [5.74, 6) is 2.05. The summed E-state index contributed by atoms with van der Waals surface area (Å²) in [6.45, 7) is 3.18. The molecule has 1 aliphatic heterocycles. The molecular weight excluding hydrogens is 262 g/mol. The number of methoxy groups -OCH3 is 1. The van der Waals surface area contributed by atoms with E-state index in [9.17, 15) is 4.79 Å². The third-order valence-electron chi connectivity index (χ3n) is 5.54. The Labute approximate surface area is 127 Å². The average molecular weight is 287 g/mol. The highest BCUT2D eigenvalue weighted by molar-refractivity contribution is 5.81. The van der Waals surface area contributed by atoms with Gasteiger partial charge in [0.2, 0.25) is 5.91 Å². The summed E-state index contributed by atoms with van der Waals surface area (Å²) >= 11 is 0. The zero-order valence-corrected chi connectivity index (χ0v) is 13.3. The van der Waals surface area contributed by atoms with E-state index in [0.717, 1.165) is 38.0 Å². The van der Waals surface area contributed by atoms with Crippen molar-refractivity contribution in [2.75, 3.05) is 20.7 Å². The fraction of sp³-hybridized carbons (Fsp3) is 0.611. The highest BCUT2D eigenvalue weighted by Gasteiger charge is 2.50. The molecule has 3 atom stereocenters. The molecule has 0 aromatic heterocycles. The van der Waals surface area contributed by atoms with Crippen LogP contribution in [0.15, 0.2) is 24.3 Å². The van der Waals surface area contributed by atoms with E-state index in [1.165, 1.54) is 5.56 Å². The van der Waals surface area contributed by atoms with Crippen LogP contribution in [0.1, 0.15) is 38.2 Å². The number of fused-ring (bicyclic) bond motifs is 1. The SMILES string of the molecule is COc1cccc([C@]23CCN(C)C(=O)[C@H]2CC[C@H](C)C3)c1. The Morgan fingerprint density at radius 2 is 2.14 bits per heavy atom. The lowest BCUT2D eigenvalue weighted by molar-refractivity contribution is -0.143. The van der Waals surface area contributed by atoms with Crippen molar-refractivity contribution in [2.45, 2.75) is 38.0 Å². The Morgan fingerprint density at radius 3 is 2.90 bits per heavy atom. The lowest BCUT2D eigenvalue weighted by Gasteiger charge is -2.51. The Morgan fingerprint density at radius 1 is 1.33 bits per heavy atom. The molecule has 114 valence electrons. The number of carbonyl (C=O) groups is 1. The van der Waals surface area contributed by atoms with E-state index in [1.54, 1.807) is 7.11 Å². The maximum absolute atomic E-state index is 12.7. The number of benzene rings is 1. The molecule has 3 heteroatoms. The third kappa shape index (κ3) is 2.33. The Balaban J connectivity index is 2.05. The van der Waals surface area contributed by atoms with Crippen molar-refractivity contribution in [3.8, 4) is 5.75 Å². The van der Waals surface area contributed by atoms with Gasteiger partial charge in [-0.1, -0.05) is 19.1 Å². The number of rotatable bonds is 2. The second-order valence-corrected chi connectivity index (χ2v) is 6.84. The van der Waals surface area contributed by atoms with E-state index in [1.807, 2.05) is 18.0 Å². The van der Waals surface area contributed by atoms with Crippen molar-refractivity contribution < 1.29 is 9.53 Å². The molecule has 0 spiro atoms. The number of amides is 1. The molecule has 0 radical (unpaired) electrons. The van der Waals surface area contributed by atoms with E-state index in [0.29, 0.717) is 11.8 Å². The predicted molar refractivity (Wildman–Crippen MR) is 83.4 cm³/mol. The monoisotopic (exact) mass is 287 g/mol. The molecule has 3 rings (SSSR count). The first-order valence-corrected chi connectivity index (χ1v) is 7.96. The van der Waals surface area contributed by atoms with Gasteiger partial charge in [-0.3, -0.25) is 4.79 Å². The van der Waals surface area contributed by atoms with Crippen molar-refractivity contribution in [3.63, 3.8) is 0 Å². The summed E-state index contributed by atoms with van der Waals surface area (Å²) in [5.41, 5.74) is 1.30. The highest BCUT2D eigenvalue weighted by atomic mass is 16.5.